The number of aliphatic hydroxyl groups is 1. The summed E-state index contributed by atoms with van der Waals surface area (Å²) in [7, 11) is 1.18. The van der Waals surface area contributed by atoms with Crippen LogP contribution in [0.15, 0.2) is 36.9 Å². The molecule has 0 heterocycles. The summed E-state index contributed by atoms with van der Waals surface area (Å²) < 4.78 is 14.2. The van der Waals surface area contributed by atoms with Gasteiger partial charge in [0, 0.05) is 6.08 Å². The molecule has 0 radical (unpaired) electrons. The Hall–Kier alpha value is -2.67. The maximum atomic E-state index is 12.1. The molecule has 0 aromatic heterocycles. The Bertz CT molecular complexity index is 577. The van der Waals surface area contributed by atoms with Gasteiger partial charge in [0.1, 0.15) is 6.10 Å². The zero-order chi connectivity index (χ0) is 16.7. The molecule has 2 atom stereocenters. The van der Waals surface area contributed by atoms with E-state index >= 15 is 0 Å². The fraction of sp³-hybridized carbons (Fsp3) is 0.267. The molecule has 0 bridgehead atoms. The zero-order valence-corrected chi connectivity index (χ0v) is 12.1. The monoisotopic (exact) mass is 308 g/mol. The molecule has 1 aromatic carbocycles. The molecule has 2 unspecified atom stereocenters. The fourth-order valence-electron chi connectivity index (χ4n) is 1.50. The van der Waals surface area contributed by atoms with Crippen LogP contribution in [0.2, 0.25) is 0 Å². The number of hydrogen-bond donors (Lipinski definition) is 1. The highest BCUT2D eigenvalue weighted by Crippen LogP contribution is 2.14. The van der Waals surface area contributed by atoms with Crippen molar-refractivity contribution in [2.24, 2.45) is 0 Å². The van der Waals surface area contributed by atoms with Crippen LogP contribution in [0, 0.1) is 0 Å². The number of hydrogen-bond acceptors (Lipinski definition) is 7. The lowest BCUT2D eigenvalue weighted by molar-refractivity contribution is -0.179. The van der Waals surface area contributed by atoms with Gasteiger partial charge < -0.3 is 19.3 Å². The molecule has 22 heavy (non-hydrogen) atoms. The first-order valence-corrected chi connectivity index (χ1v) is 6.30. The Morgan fingerprint density at radius 1 is 1.14 bits per heavy atom. The second-order valence-electron chi connectivity index (χ2n) is 4.19. The second-order valence-corrected chi connectivity index (χ2v) is 4.19. The molecule has 0 spiro atoms. The van der Waals surface area contributed by atoms with Crippen LogP contribution in [0.25, 0.3) is 0 Å². The molecule has 0 saturated heterocycles. The third-order valence-electron chi connectivity index (χ3n) is 2.57. The number of aliphatic hydroxyl groups excluding tert-OH is 1. The van der Waals surface area contributed by atoms with Crippen LogP contribution in [0.5, 0.6) is 0 Å². The van der Waals surface area contributed by atoms with Crippen molar-refractivity contribution in [1.29, 1.82) is 0 Å². The molecule has 0 amide bonds. The summed E-state index contributed by atoms with van der Waals surface area (Å²) in [5.41, 5.74) is -0.0796. The van der Waals surface area contributed by atoms with Gasteiger partial charge in [-0.15, -0.1) is 0 Å². The van der Waals surface area contributed by atoms with E-state index in [1.807, 2.05) is 0 Å². The number of methoxy groups -OCH3 is 1. The van der Waals surface area contributed by atoms with Crippen molar-refractivity contribution in [3.63, 3.8) is 0 Å². The highest BCUT2D eigenvalue weighted by molar-refractivity contribution is 6.03. The van der Waals surface area contributed by atoms with E-state index in [-0.39, 0.29) is 11.1 Å². The van der Waals surface area contributed by atoms with Crippen molar-refractivity contribution >= 4 is 17.9 Å². The SMILES string of the molecule is C=CC(=O)OC(OC(=O)c1ccccc1C(=O)OC)C(C)O. The molecule has 1 rings (SSSR count). The standard InChI is InChI=1S/C15H16O7/c1-4-12(17)21-15(9(2)16)22-14(19)11-8-6-5-7-10(11)13(18)20-3/h4-9,15-16H,1H2,2-3H3. The molecule has 1 aromatic rings. The molecule has 1 N–H and O–H groups in total. The van der Waals surface area contributed by atoms with Crippen LogP contribution in [-0.2, 0) is 19.0 Å². The molecule has 7 nitrogen and oxygen atoms in total. The highest BCUT2D eigenvalue weighted by Gasteiger charge is 2.26. The first kappa shape index (κ1) is 17.4. The maximum absolute atomic E-state index is 12.1. The molecule has 118 valence electrons. The molecule has 7 heteroatoms. The van der Waals surface area contributed by atoms with E-state index < -0.39 is 30.3 Å². The van der Waals surface area contributed by atoms with Crippen LogP contribution in [0.1, 0.15) is 27.6 Å². The summed E-state index contributed by atoms with van der Waals surface area (Å²) >= 11 is 0. The Balaban J connectivity index is 2.98. The van der Waals surface area contributed by atoms with Gasteiger partial charge in [-0.05, 0) is 19.1 Å². The third kappa shape index (κ3) is 4.42. The second kappa shape index (κ2) is 7.94. The van der Waals surface area contributed by atoms with Crippen molar-refractivity contribution in [2.75, 3.05) is 7.11 Å². The molecule has 0 aliphatic heterocycles. The number of ether oxygens (including phenoxy) is 3. The van der Waals surface area contributed by atoms with E-state index in [0.29, 0.717) is 0 Å². The van der Waals surface area contributed by atoms with Crippen molar-refractivity contribution < 1.29 is 33.7 Å². The molecule has 0 fully saturated rings. The summed E-state index contributed by atoms with van der Waals surface area (Å²) in [6.45, 7) is 4.48. The van der Waals surface area contributed by atoms with Gasteiger partial charge in [0.2, 0.25) is 0 Å². The minimum absolute atomic E-state index is 0.00519. The zero-order valence-electron chi connectivity index (χ0n) is 12.1. The predicted molar refractivity (Wildman–Crippen MR) is 75.0 cm³/mol. The molecule has 0 aliphatic rings. The van der Waals surface area contributed by atoms with Gasteiger partial charge in [-0.3, -0.25) is 0 Å². The molecular weight excluding hydrogens is 292 g/mol. The van der Waals surface area contributed by atoms with E-state index in [2.05, 4.69) is 11.3 Å². The smallest absolute Gasteiger partial charge is 0.342 e. The largest absolute Gasteiger partial charge is 0.465 e. The fourth-order valence-corrected chi connectivity index (χ4v) is 1.50. The molecular formula is C15H16O7. The molecule has 0 aliphatic carbocycles. The van der Waals surface area contributed by atoms with Crippen molar-refractivity contribution in [2.45, 2.75) is 19.3 Å². The summed E-state index contributed by atoms with van der Waals surface area (Å²) in [4.78, 5) is 34.9. The maximum Gasteiger partial charge on any atom is 0.342 e. The summed E-state index contributed by atoms with van der Waals surface area (Å²) in [5.74, 6) is -2.52. The minimum atomic E-state index is -1.52. The number of rotatable bonds is 6. The van der Waals surface area contributed by atoms with Crippen LogP contribution in [0.3, 0.4) is 0 Å². The number of esters is 3. The van der Waals surface area contributed by atoms with Crippen molar-refractivity contribution in [3.05, 3.63) is 48.0 Å². The van der Waals surface area contributed by atoms with Crippen LogP contribution >= 0.6 is 0 Å². The summed E-state index contributed by atoms with van der Waals surface area (Å²) in [6, 6.07) is 5.81. The lowest BCUT2D eigenvalue weighted by Crippen LogP contribution is -2.34. The summed E-state index contributed by atoms with van der Waals surface area (Å²) in [6.07, 6.45) is -1.92. The van der Waals surface area contributed by atoms with Gasteiger partial charge in [-0.25, -0.2) is 14.4 Å². The normalized spacial score (nSPS) is 12.7. The Kier molecular flexibility index (Phi) is 6.27. The average molecular weight is 308 g/mol. The van der Waals surface area contributed by atoms with E-state index in [1.54, 1.807) is 6.07 Å². The van der Waals surface area contributed by atoms with E-state index in [0.717, 1.165) is 6.08 Å². The van der Waals surface area contributed by atoms with E-state index in [4.69, 9.17) is 9.47 Å². The lowest BCUT2D eigenvalue weighted by atomic mass is 10.1. The van der Waals surface area contributed by atoms with Crippen LogP contribution in [0.4, 0.5) is 0 Å². The highest BCUT2D eigenvalue weighted by atomic mass is 16.7. The van der Waals surface area contributed by atoms with Gasteiger partial charge >= 0.3 is 17.9 Å². The average Bonchev–Trinajstić information content (AvgIpc) is 2.52. The Morgan fingerprint density at radius 2 is 1.68 bits per heavy atom. The van der Waals surface area contributed by atoms with Gasteiger partial charge in [-0.1, -0.05) is 18.7 Å². The predicted octanol–water partition coefficient (Wildman–Crippen LogP) is 1.07. The van der Waals surface area contributed by atoms with Gasteiger partial charge in [-0.2, -0.15) is 0 Å². The quantitative estimate of drug-likeness (QED) is 0.476. The van der Waals surface area contributed by atoms with Crippen molar-refractivity contribution in [1.82, 2.24) is 0 Å². The van der Waals surface area contributed by atoms with Crippen LogP contribution < -0.4 is 0 Å². The number of carbonyl (C=O) groups excluding carboxylic acids is 3. The first-order valence-electron chi connectivity index (χ1n) is 6.30. The van der Waals surface area contributed by atoms with E-state index in [1.165, 1.54) is 32.2 Å². The van der Waals surface area contributed by atoms with Crippen molar-refractivity contribution in [3.8, 4) is 0 Å². The first-order chi connectivity index (χ1) is 10.4. The van der Waals surface area contributed by atoms with Gasteiger partial charge in [0.05, 0.1) is 18.2 Å². The number of carbonyl (C=O) groups is 3. The van der Waals surface area contributed by atoms with Crippen LogP contribution in [-0.4, -0.2) is 42.5 Å². The topological polar surface area (TPSA) is 99.1 Å². The lowest BCUT2D eigenvalue weighted by Gasteiger charge is -2.20. The Morgan fingerprint density at radius 3 is 2.14 bits per heavy atom. The number of benzene rings is 1. The molecule has 0 saturated carbocycles. The van der Waals surface area contributed by atoms with E-state index in [9.17, 15) is 19.5 Å². The summed E-state index contributed by atoms with van der Waals surface area (Å²) in [5, 5.41) is 9.50. The third-order valence-corrected chi connectivity index (χ3v) is 2.57. The van der Waals surface area contributed by atoms with Gasteiger partial charge in [0.25, 0.3) is 6.29 Å². The minimum Gasteiger partial charge on any atom is -0.465 e. The Labute approximate surface area is 127 Å². The van der Waals surface area contributed by atoms with Gasteiger partial charge in [0.15, 0.2) is 0 Å².